The fourth-order valence-electron chi connectivity index (χ4n) is 2.04. The minimum Gasteiger partial charge on any atom is -0.444 e. The van der Waals surface area contributed by atoms with Gasteiger partial charge in [0.05, 0.1) is 5.75 Å². The first-order chi connectivity index (χ1) is 8.07. The van der Waals surface area contributed by atoms with Crippen LogP contribution in [0.15, 0.2) is 0 Å². The Morgan fingerprint density at radius 3 is 2.17 bits per heavy atom. The Morgan fingerprint density at radius 1 is 1.28 bits per heavy atom. The van der Waals surface area contributed by atoms with Gasteiger partial charge < -0.3 is 9.64 Å². The molecule has 1 saturated heterocycles. The van der Waals surface area contributed by atoms with Gasteiger partial charge in [-0.05, 0) is 39.5 Å². The van der Waals surface area contributed by atoms with Crippen molar-refractivity contribution in [2.45, 2.75) is 39.2 Å². The predicted octanol–water partition coefficient (Wildman–Crippen LogP) is 1.68. The van der Waals surface area contributed by atoms with E-state index in [4.69, 9.17) is 4.74 Å². The Morgan fingerprint density at radius 2 is 1.78 bits per heavy atom. The third kappa shape index (κ3) is 5.71. The van der Waals surface area contributed by atoms with Gasteiger partial charge in [-0.15, -0.1) is 0 Å². The summed E-state index contributed by atoms with van der Waals surface area (Å²) in [5.74, 6) is 0.383. The van der Waals surface area contributed by atoms with Gasteiger partial charge in [-0.2, -0.15) is 0 Å². The van der Waals surface area contributed by atoms with Crippen molar-refractivity contribution >= 4 is 15.9 Å². The second-order valence-electron chi connectivity index (χ2n) is 6.00. The van der Waals surface area contributed by atoms with E-state index >= 15 is 0 Å². The van der Waals surface area contributed by atoms with Gasteiger partial charge in [-0.25, -0.2) is 13.2 Å². The first-order valence-corrected chi connectivity index (χ1v) is 8.28. The summed E-state index contributed by atoms with van der Waals surface area (Å²) in [4.78, 5) is 13.4. The molecule has 1 amide bonds. The Kier molecular flexibility index (Phi) is 4.64. The predicted molar refractivity (Wildman–Crippen MR) is 70.2 cm³/mol. The third-order valence-corrected chi connectivity index (χ3v) is 3.88. The van der Waals surface area contributed by atoms with Crippen LogP contribution in [0.3, 0.4) is 0 Å². The van der Waals surface area contributed by atoms with Gasteiger partial charge in [0, 0.05) is 19.3 Å². The molecule has 0 aliphatic carbocycles. The molecule has 6 heteroatoms. The van der Waals surface area contributed by atoms with Gasteiger partial charge in [0.25, 0.3) is 0 Å². The quantitative estimate of drug-likeness (QED) is 0.770. The molecule has 0 unspecified atom stereocenters. The molecule has 0 radical (unpaired) electrons. The summed E-state index contributed by atoms with van der Waals surface area (Å²) in [6.45, 7) is 6.66. The van der Waals surface area contributed by atoms with Crippen molar-refractivity contribution in [1.29, 1.82) is 0 Å². The molecule has 0 aromatic carbocycles. The molecular weight excluding hydrogens is 254 g/mol. The summed E-state index contributed by atoms with van der Waals surface area (Å²) >= 11 is 0. The maximum absolute atomic E-state index is 11.8. The minimum atomic E-state index is -2.92. The number of piperidine rings is 1. The smallest absolute Gasteiger partial charge is 0.410 e. The molecule has 1 fully saturated rings. The summed E-state index contributed by atoms with van der Waals surface area (Å²) < 4.78 is 27.7. The van der Waals surface area contributed by atoms with E-state index in [1.54, 1.807) is 4.90 Å². The largest absolute Gasteiger partial charge is 0.444 e. The fraction of sp³-hybridized carbons (Fsp3) is 0.917. The number of rotatable bonds is 2. The molecule has 0 N–H and O–H groups in total. The standard InChI is InChI=1S/C12H23NO4S/c1-12(2,3)17-11(14)13-7-5-10(6-8-13)9-18(4,15)16/h10H,5-9H2,1-4H3. The number of nitrogens with zero attached hydrogens (tertiary/aromatic N) is 1. The molecule has 0 atom stereocenters. The lowest BCUT2D eigenvalue weighted by atomic mass is 9.99. The van der Waals surface area contributed by atoms with Crippen LogP contribution in [0.2, 0.25) is 0 Å². The number of carbonyl (C=O) groups is 1. The minimum absolute atomic E-state index is 0.165. The number of carbonyl (C=O) groups excluding carboxylic acids is 1. The molecular formula is C12H23NO4S. The van der Waals surface area contributed by atoms with Crippen LogP contribution < -0.4 is 0 Å². The fourth-order valence-corrected chi connectivity index (χ4v) is 3.23. The lowest BCUT2D eigenvalue weighted by Gasteiger charge is -2.33. The maximum atomic E-state index is 11.8. The van der Waals surface area contributed by atoms with Crippen molar-refractivity contribution in [3.63, 3.8) is 0 Å². The normalized spacial score (nSPS) is 18.8. The SMILES string of the molecule is CC(C)(C)OC(=O)N1CCC(CS(C)(=O)=O)CC1. The molecule has 1 aliphatic rings. The van der Waals surface area contributed by atoms with Gasteiger partial charge in [-0.1, -0.05) is 0 Å². The van der Waals surface area contributed by atoms with E-state index in [9.17, 15) is 13.2 Å². The van der Waals surface area contributed by atoms with Gasteiger partial charge in [0.2, 0.25) is 0 Å². The van der Waals surface area contributed by atoms with E-state index in [1.807, 2.05) is 20.8 Å². The zero-order valence-electron chi connectivity index (χ0n) is 11.6. The molecule has 0 saturated carbocycles. The lowest BCUT2D eigenvalue weighted by molar-refractivity contribution is 0.0191. The molecule has 1 aliphatic heterocycles. The Labute approximate surface area is 109 Å². The van der Waals surface area contributed by atoms with E-state index in [0.717, 1.165) is 12.8 Å². The zero-order valence-corrected chi connectivity index (χ0v) is 12.4. The zero-order chi connectivity index (χ0) is 14.0. The Bertz CT molecular complexity index is 389. The van der Waals surface area contributed by atoms with Gasteiger partial charge in [-0.3, -0.25) is 0 Å². The highest BCUT2D eigenvalue weighted by atomic mass is 32.2. The number of hydrogen-bond acceptors (Lipinski definition) is 4. The monoisotopic (exact) mass is 277 g/mol. The first kappa shape index (κ1) is 15.3. The molecule has 106 valence electrons. The second-order valence-corrected chi connectivity index (χ2v) is 8.19. The van der Waals surface area contributed by atoms with E-state index < -0.39 is 15.4 Å². The number of hydrogen-bond donors (Lipinski definition) is 0. The van der Waals surface area contributed by atoms with Crippen LogP contribution in [0.5, 0.6) is 0 Å². The molecule has 0 spiro atoms. The van der Waals surface area contributed by atoms with Crippen molar-refractivity contribution in [2.24, 2.45) is 5.92 Å². The van der Waals surface area contributed by atoms with Crippen LogP contribution in [0.1, 0.15) is 33.6 Å². The average Bonchev–Trinajstić information content (AvgIpc) is 2.13. The molecule has 5 nitrogen and oxygen atoms in total. The van der Waals surface area contributed by atoms with E-state index in [-0.39, 0.29) is 17.8 Å². The Hall–Kier alpha value is -0.780. The molecule has 1 rings (SSSR count). The highest BCUT2D eigenvalue weighted by molar-refractivity contribution is 7.90. The maximum Gasteiger partial charge on any atom is 0.410 e. The second kappa shape index (κ2) is 5.47. The third-order valence-electron chi connectivity index (χ3n) is 2.80. The van der Waals surface area contributed by atoms with Crippen LogP contribution in [0.4, 0.5) is 4.79 Å². The summed E-state index contributed by atoms with van der Waals surface area (Å²) in [5, 5.41) is 0. The number of ether oxygens (including phenoxy) is 1. The molecule has 0 aromatic rings. The number of amides is 1. The topological polar surface area (TPSA) is 63.7 Å². The molecule has 1 heterocycles. The van der Waals surface area contributed by atoms with E-state index in [2.05, 4.69) is 0 Å². The van der Waals surface area contributed by atoms with Crippen molar-refractivity contribution in [3.05, 3.63) is 0 Å². The van der Waals surface area contributed by atoms with Crippen molar-refractivity contribution < 1.29 is 17.9 Å². The van der Waals surface area contributed by atoms with Crippen LogP contribution >= 0.6 is 0 Å². The van der Waals surface area contributed by atoms with Crippen LogP contribution in [-0.4, -0.2) is 50.1 Å². The van der Waals surface area contributed by atoms with Gasteiger partial charge in [0.1, 0.15) is 15.4 Å². The summed E-state index contributed by atoms with van der Waals surface area (Å²) in [6, 6.07) is 0. The van der Waals surface area contributed by atoms with E-state index in [1.165, 1.54) is 6.26 Å². The summed E-state index contributed by atoms with van der Waals surface area (Å²) in [5.41, 5.74) is -0.485. The van der Waals surface area contributed by atoms with Crippen LogP contribution in [0, 0.1) is 5.92 Å². The number of likely N-dealkylation sites (tertiary alicyclic amines) is 1. The molecule has 0 aromatic heterocycles. The lowest BCUT2D eigenvalue weighted by Crippen LogP contribution is -2.42. The van der Waals surface area contributed by atoms with Gasteiger partial charge >= 0.3 is 6.09 Å². The van der Waals surface area contributed by atoms with Crippen molar-refractivity contribution in [2.75, 3.05) is 25.1 Å². The summed E-state index contributed by atoms with van der Waals surface area (Å²) in [6.07, 6.45) is 2.41. The average molecular weight is 277 g/mol. The van der Waals surface area contributed by atoms with Crippen LogP contribution in [-0.2, 0) is 14.6 Å². The number of sulfone groups is 1. The molecule has 0 bridgehead atoms. The highest BCUT2D eigenvalue weighted by Crippen LogP contribution is 2.20. The van der Waals surface area contributed by atoms with E-state index in [0.29, 0.717) is 13.1 Å². The van der Waals surface area contributed by atoms with Crippen molar-refractivity contribution in [1.82, 2.24) is 4.90 Å². The summed E-state index contributed by atoms with van der Waals surface area (Å²) in [7, 11) is -2.92. The molecule has 18 heavy (non-hydrogen) atoms. The highest BCUT2D eigenvalue weighted by Gasteiger charge is 2.28. The van der Waals surface area contributed by atoms with Crippen LogP contribution in [0.25, 0.3) is 0 Å². The Balaban J connectivity index is 2.42. The van der Waals surface area contributed by atoms with Gasteiger partial charge in [0.15, 0.2) is 0 Å². The van der Waals surface area contributed by atoms with Crippen molar-refractivity contribution in [3.8, 4) is 0 Å². The first-order valence-electron chi connectivity index (χ1n) is 6.22.